The minimum Gasteiger partial charge on any atom is -0.324 e. The SMILES string of the molecule is NCc1nnc(SCC2CCCS(=O)(=O)C2)n1Cc1ccccc1. The topological polar surface area (TPSA) is 90.9 Å². The summed E-state index contributed by atoms with van der Waals surface area (Å²) in [5.41, 5.74) is 6.94. The van der Waals surface area contributed by atoms with E-state index in [0.29, 0.717) is 18.8 Å². The standard InChI is InChI=1S/C16H22N4O2S2/c17-9-15-18-19-16(20(15)10-13-5-2-1-3-6-13)23-11-14-7-4-8-24(21,22)12-14/h1-3,5-6,14H,4,7-12,17H2. The van der Waals surface area contributed by atoms with Crippen LogP contribution in [0, 0.1) is 5.92 Å². The lowest BCUT2D eigenvalue weighted by Crippen LogP contribution is -2.26. The second-order valence-corrected chi connectivity index (χ2v) is 9.32. The summed E-state index contributed by atoms with van der Waals surface area (Å²) in [6.07, 6.45) is 1.72. The third kappa shape index (κ3) is 4.37. The zero-order valence-electron chi connectivity index (χ0n) is 13.5. The van der Waals surface area contributed by atoms with E-state index in [9.17, 15) is 8.42 Å². The van der Waals surface area contributed by atoms with E-state index in [1.807, 2.05) is 22.8 Å². The van der Waals surface area contributed by atoms with Gasteiger partial charge in [-0.2, -0.15) is 0 Å². The van der Waals surface area contributed by atoms with Crippen LogP contribution in [0.2, 0.25) is 0 Å². The molecule has 0 radical (unpaired) electrons. The molecule has 2 aromatic rings. The van der Waals surface area contributed by atoms with Crippen LogP contribution < -0.4 is 5.73 Å². The van der Waals surface area contributed by atoms with Gasteiger partial charge in [0.2, 0.25) is 0 Å². The maximum atomic E-state index is 11.8. The van der Waals surface area contributed by atoms with Crippen molar-refractivity contribution in [3.8, 4) is 0 Å². The van der Waals surface area contributed by atoms with Gasteiger partial charge in [0, 0.05) is 5.75 Å². The Kier molecular flexibility index (Phi) is 5.57. The first-order chi connectivity index (χ1) is 11.6. The number of hydrogen-bond acceptors (Lipinski definition) is 6. The highest BCUT2D eigenvalue weighted by Crippen LogP contribution is 2.26. The van der Waals surface area contributed by atoms with Crippen LogP contribution in [0.15, 0.2) is 35.5 Å². The highest BCUT2D eigenvalue weighted by molar-refractivity contribution is 7.99. The molecule has 1 saturated heterocycles. The first kappa shape index (κ1) is 17.4. The maximum absolute atomic E-state index is 11.8. The summed E-state index contributed by atoms with van der Waals surface area (Å²) in [5.74, 6) is 2.30. The maximum Gasteiger partial charge on any atom is 0.191 e. The molecule has 24 heavy (non-hydrogen) atoms. The van der Waals surface area contributed by atoms with Gasteiger partial charge in [0.05, 0.1) is 24.6 Å². The zero-order valence-corrected chi connectivity index (χ0v) is 15.1. The Bertz CT molecular complexity index is 775. The van der Waals surface area contributed by atoms with Gasteiger partial charge in [-0.15, -0.1) is 10.2 Å². The van der Waals surface area contributed by atoms with Crippen molar-refractivity contribution in [2.75, 3.05) is 17.3 Å². The van der Waals surface area contributed by atoms with Crippen molar-refractivity contribution in [1.82, 2.24) is 14.8 Å². The number of thioether (sulfide) groups is 1. The van der Waals surface area contributed by atoms with Gasteiger partial charge < -0.3 is 10.3 Å². The molecule has 0 saturated carbocycles. The highest BCUT2D eigenvalue weighted by atomic mass is 32.2. The molecule has 3 rings (SSSR count). The minimum atomic E-state index is -2.87. The third-order valence-corrected chi connectivity index (χ3v) is 7.25. The number of rotatable bonds is 6. The Morgan fingerprint density at radius 3 is 2.75 bits per heavy atom. The van der Waals surface area contributed by atoms with Crippen LogP contribution in [0.1, 0.15) is 24.2 Å². The molecular formula is C16H22N4O2S2. The fourth-order valence-corrected chi connectivity index (χ4v) is 5.96. The van der Waals surface area contributed by atoms with Crippen LogP contribution in [0.4, 0.5) is 0 Å². The van der Waals surface area contributed by atoms with Crippen molar-refractivity contribution in [1.29, 1.82) is 0 Å². The van der Waals surface area contributed by atoms with E-state index in [4.69, 9.17) is 5.73 Å². The minimum absolute atomic E-state index is 0.192. The number of sulfone groups is 1. The average Bonchev–Trinajstić information content (AvgIpc) is 2.95. The van der Waals surface area contributed by atoms with Gasteiger partial charge in [-0.25, -0.2) is 8.42 Å². The average molecular weight is 367 g/mol. The van der Waals surface area contributed by atoms with Crippen LogP contribution in [0.25, 0.3) is 0 Å². The Hall–Kier alpha value is -1.38. The molecule has 0 spiro atoms. The molecule has 1 aliphatic rings. The Labute approximate surface area is 146 Å². The Morgan fingerprint density at radius 1 is 1.25 bits per heavy atom. The van der Waals surface area contributed by atoms with E-state index in [-0.39, 0.29) is 11.7 Å². The van der Waals surface area contributed by atoms with Crippen LogP contribution in [0.3, 0.4) is 0 Å². The van der Waals surface area contributed by atoms with Crippen molar-refractivity contribution < 1.29 is 8.42 Å². The number of benzene rings is 1. The number of nitrogens with zero attached hydrogens (tertiary/aromatic N) is 3. The van der Waals surface area contributed by atoms with Crippen molar-refractivity contribution >= 4 is 21.6 Å². The highest BCUT2D eigenvalue weighted by Gasteiger charge is 2.25. The molecule has 1 unspecified atom stereocenters. The van der Waals surface area contributed by atoms with Crippen molar-refractivity contribution in [3.63, 3.8) is 0 Å². The van der Waals surface area contributed by atoms with Crippen LogP contribution in [-0.4, -0.2) is 40.4 Å². The number of nitrogens with two attached hydrogens (primary N) is 1. The van der Waals surface area contributed by atoms with E-state index in [1.165, 1.54) is 0 Å². The molecule has 6 nitrogen and oxygen atoms in total. The van der Waals surface area contributed by atoms with Crippen LogP contribution >= 0.6 is 11.8 Å². The molecule has 1 aromatic carbocycles. The van der Waals surface area contributed by atoms with Gasteiger partial charge in [-0.05, 0) is 24.3 Å². The lowest BCUT2D eigenvalue weighted by Gasteiger charge is -2.21. The molecule has 0 bridgehead atoms. The largest absolute Gasteiger partial charge is 0.324 e. The first-order valence-corrected chi connectivity index (χ1v) is 10.9. The van der Waals surface area contributed by atoms with Crippen LogP contribution in [-0.2, 0) is 22.9 Å². The van der Waals surface area contributed by atoms with Gasteiger partial charge in [0.25, 0.3) is 0 Å². The van der Waals surface area contributed by atoms with Gasteiger partial charge in [-0.3, -0.25) is 0 Å². The summed E-state index contributed by atoms with van der Waals surface area (Å²) < 4.78 is 25.6. The summed E-state index contributed by atoms with van der Waals surface area (Å²) in [4.78, 5) is 0. The molecule has 130 valence electrons. The second-order valence-electron chi connectivity index (χ2n) is 6.11. The summed E-state index contributed by atoms with van der Waals surface area (Å²) in [6, 6.07) is 10.1. The van der Waals surface area contributed by atoms with E-state index in [2.05, 4.69) is 22.3 Å². The van der Waals surface area contributed by atoms with Gasteiger partial charge in [0.15, 0.2) is 15.0 Å². The smallest absolute Gasteiger partial charge is 0.191 e. The summed E-state index contributed by atoms with van der Waals surface area (Å²) >= 11 is 1.58. The van der Waals surface area contributed by atoms with E-state index >= 15 is 0 Å². The lowest BCUT2D eigenvalue weighted by atomic mass is 10.1. The van der Waals surface area contributed by atoms with Crippen molar-refractivity contribution in [3.05, 3.63) is 41.7 Å². The second kappa shape index (κ2) is 7.67. The third-order valence-electron chi connectivity index (χ3n) is 4.17. The predicted octanol–water partition coefficient (Wildman–Crippen LogP) is 1.70. The van der Waals surface area contributed by atoms with Gasteiger partial charge >= 0.3 is 0 Å². The van der Waals surface area contributed by atoms with Gasteiger partial charge in [-0.1, -0.05) is 42.1 Å². The van der Waals surface area contributed by atoms with Crippen LogP contribution in [0.5, 0.6) is 0 Å². The molecule has 0 aliphatic carbocycles. The number of aromatic nitrogens is 3. The molecule has 1 aromatic heterocycles. The molecule has 1 atom stereocenters. The monoisotopic (exact) mass is 366 g/mol. The van der Waals surface area contributed by atoms with Gasteiger partial charge in [0.1, 0.15) is 5.82 Å². The summed E-state index contributed by atoms with van der Waals surface area (Å²) in [5, 5.41) is 9.23. The van der Waals surface area contributed by atoms with E-state index in [1.54, 1.807) is 11.8 Å². The molecule has 2 heterocycles. The molecule has 1 fully saturated rings. The normalized spacial score (nSPS) is 20.1. The molecule has 8 heteroatoms. The summed E-state index contributed by atoms with van der Waals surface area (Å²) in [7, 11) is -2.87. The molecule has 0 amide bonds. The van der Waals surface area contributed by atoms with E-state index in [0.717, 1.165) is 35.1 Å². The fourth-order valence-electron chi connectivity index (χ4n) is 2.94. The van der Waals surface area contributed by atoms with E-state index < -0.39 is 9.84 Å². The van der Waals surface area contributed by atoms with Crippen molar-refractivity contribution in [2.45, 2.75) is 31.1 Å². The molecule has 2 N–H and O–H groups in total. The Morgan fingerprint density at radius 2 is 2.04 bits per heavy atom. The predicted molar refractivity (Wildman–Crippen MR) is 95.6 cm³/mol. The zero-order chi connectivity index (χ0) is 17.0. The summed E-state index contributed by atoms with van der Waals surface area (Å²) in [6.45, 7) is 1.00. The molecular weight excluding hydrogens is 344 g/mol. The van der Waals surface area contributed by atoms with Crippen molar-refractivity contribution in [2.24, 2.45) is 11.7 Å². The number of hydrogen-bond donors (Lipinski definition) is 1. The fraction of sp³-hybridized carbons (Fsp3) is 0.500. The lowest BCUT2D eigenvalue weighted by molar-refractivity contribution is 0.520. The first-order valence-electron chi connectivity index (χ1n) is 8.06. The quantitative estimate of drug-likeness (QED) is 0.783. The Balaban J connectivity index is 1.70. The molecule has 1 aliphatic heterocycles.